The van der Waals surface area contributed by atoms with Crippen molar-refractivity contribution in [1.29, 1.82) is 0 Å². The van der Waals surface area contributed by atoms with Crippen LogP contribution < -0.4 is 10.6 Å². The normalized spacial score (nSPS) is 11.2. The third-order valence-corrected chi connectivity index (χ3v) is 2.93. The first kappa shape index (κ1) is 21.1. The number of halogens is 2. The quantitative estimate of drug-likeness (QED) is 0.293. The molecule has 0 saturated heterocycles. The predicted molar refractivity (Wildman–Crippen MR) is 101 cm³/mol. The zero-order valence-corrected chi connectivity index (χ0v) is 15.9. The molecule has 6 heteroatoms. The van der Waals surface area contributed by atoms with Crippen LogP contribution in [0.2, 0.25) is 0 Å². The topological polar surface area (TPSA) is 45.7 Å². The molecule has 0 aliphatic carbocycles. The van der Waals surface area contributed by atoms with Crippen molar-refractivity contribution in [3.8, 4) is 0 Å². The molecule has 0 aliphatic heterocycles. The molecule has 0 unspecified atom stereocenters. The Labute approximate surface area is 149 Å². The molecule has 126 valence electrons. The van der Waals surface area contributed by atoms with Crippen molar-refractivity contribution in [3.05, 3.63) is 35.6 Å². The Morgan fingerprint density at radius 1 is 1.23 bits per heavy atom. The lowest BCUT2D eigenvalue weighted by Gasteiger charge is -2.12. The van der Waals surface area contributed by atoms with Crippen LogP contribution >= 0.6 is 24.0 Å². The van der Waals surface area contributed by atoms with Gasteiger partial charge in [-0.25, -0.2) is 4.39 Å². The number of nitrogens with zero attached hydrogens (tertiary/aromatic N) is 1. The van der Waals surface area contributed by atoms with Crippen molar-refractivity contribution in [1.82, 2.24) is 10.6 Å². The first-order valence-electron chi connectivity index (χ1n) is 7.43. The maximum absolute atomic E-state index is 13.5. The van der Waals surface area contributed by atoms with Crippen molar-refractivity contribution >= 4 is 29.9 Å². The van der Waals surface area contributed by atoms with E-state index in [1.807, 2.05) is 19.9 Å². The van der Waals surface area contributed by atoms with E-state index in [1.165, 1.54) is 6.07 Å². The van der Waals surface area contributed by atoms with Gasteiger partial charge in [-0.15, -0.1) is 24.0 Å². The van der Waals surface area contributed by atoms with Crippen LogP contribution in [-0.4, -0.2) is 38.8 Å². The highest BCUT2D eigenvalue weighted by Crippen LogP contribution is 2.05. The molecule has 0 atom stereocenters. The van der Waals surface area contributed by atoms with Gasteiger partial charge in [0.25, 0.3) is 0 Å². The standard InChI is InChI=1S/C16H26FN3O.HI/c1-13(2)21-12-6-10-19-16(18-3)20-11-9-14-7-4-5-8-15(14)17;/h4-5,7-8,13H,6,9-12H2,1-3H3,(H2,18,19,20);1H. The van der Waals surface area contributed by atoms with Crippen molar-refractivity contribution in [2.24, 2.45) is 4.99 Å². The molecular formula is C16H27FIN3O. The highest BCUT2D eigenvalue weighted by Gasteiger charge is 2.01. The van der Waals surface area contributed by atoms with E-state index in [-0.39, 0.29) is 35.9 Å². The molecule has 2 N–H and O–H groups in total. The minimum absolute atomic E-state index is 0. The first-order valence-corrected chi connectivity index (χ1v) is 7.43. The number of hydrogen-bond donors (Lipinski definition) is 2. The van der Waals surface area contributed by atoms with Gasteiger partial charge in [-0.2, -0.15) is 0 Å². The third kappa shape index (κ3) is 9.19. The lowest BCUT2D eigenvalue weighted by Crippen LogP contribution is -2.39. The Morgan fingerprint density at radius 3 is 2.55 bits per heavy atom. The van der Waals surface area contributed by atoms with Crippen LogP contribution in [0.4, 0.5) is 4.39 Å². The van der Waals surface area contributed by atoms with Crippen LogP contribution in [0.15, 0.2) is 29.3 Å². The average Bonchev–Trinajstić information content (AvgIpc) is 2.46. The summed E-state index contributed by atoms with van der Waals surface area (Å²) in [6.45, 7) is 6.22. The van der Waals surface area contributed by atoms with Gasteiger partial charge in [0.1, 0.15) is 5.82 Å². The molecule has 22 heavy (non-hydrogen) atoms. The van der Waals surface area contributed by atoms with Gasteiger partial charge >= 0.3 is 0 Å². The van der Waals surface area contributed by atoms with Gasteiger partial charge in [-0.05, 0) is 38.3 Å². The Kier molecular flexibility index (Phi) is 12.1. The average molecular weight is 423 g/mol. The lowest BCUT2D eigenvalue weighted by atomic mass is 10.1. The molecule has 0 aromatic heterocycles. The van der Waals surface area contributed by atoms with Crippen LogP contribution in [0.1, 0.15) is 25.8 Å². The molecule has 0 fully saturated rings. The van der Waals surface area contributed by atoms with Gasteiger partial charge in [0, 0.05) is 26.7 Å². The second-order valence-electron chi connectivity index (χ2n) is 5.04. The van der Waals surface area contributed by atoms with Crippen LogP contribution in [0.25, 0.3) is 0 Å². The number of benzene rings is 1. The second kappa shape index (κ2) is 12.6. The Balaban J connectivity index is 0.00000441. The predicted octanol–water partition coefficient (Wildman–Crippen LogP) is 2.97. The van der Waals surface area contributed by atoms with Crippen molar-refractivity contribution in [3.63, 3.8) is 0 Å². The van der Waals surface area contributed by atoms with Crippen molar-refractivity contribution < 1.29 is 9.13 Å². The lowest BCUT2D eigenvalue weighted by molar-refractivity contribution is 0.0776. The number of nitrogens with one attached hydrogen (secondary N) is 2. The number of aliphatic imine (C=N–C) groups is 1. The number of rotatable bonds is 8. The van der Waals surface area contributed by atoms with Gasteiger partial charge in [0.15, 0.2) is 5.96 Å². The molecule has 0 radical (unpaired) electrons. The summed E-state index contributed by atoms with van der Waals surface area (Å²) in [5.41, 5.74) is 0.714. The SMILES string of the molecule is CN=C(NCCCOC(C)C)NCCc1ccccc1F.I. The van der Waals surface area contributed by atoms with E-state index in [0.29, 0.717) is 18.5 Å². The fraction of sp³-hybridized carbons (Fsp3) is 0.562. The largest absolute Gasteiger partial charge is 0.379 e. The summed E-state index contributed by atoms with van der Waals surface area (Å²) in [6, 6.07) is 6.83. The van der Waals surface area contributed by atoms with E-state index in [4.69, 9.17) is 4.74 Å². The highest BCUT2D eigenvalue weighted by molar-refractivity contribution is 14.0. The molecule has 0 bridgehead atoms. The zero-order chi connectivity index (χ0) is 15.5. The third-order valence-electron chi connectivity index (χ3n) is 2.93. The van der Waals surface area contributed by atoms with E-state index in [1.54, 1.807) is 19.2 Å². The number of guanidine groups is 1. The minimum Gasteiger partial charge on any atom is -0.379 e. The maximum Gasteiger partial charge on any atom is 0.190 e. The summed E-state index contributed by atoms with van der Waals surface area (Å²) < 4.78 is 18.9. The van der Waals surface area contributed by atoms with Gasteiger partial charge in [0.2, 0.25) is 0 Å². The van der Waals surface area contributed by atoms with Gasteiger partial charge < -0.3 is 15.4 Å². The van der Waals surface area contributed by atoms with E-state index in [0.717, 1.165) is 25.5 Å². The van der Waals surface area contributed by atoms with E-state index in [9.17, 15) is 4.39 Å². The maximum atomic E-state index is 13.5. The van der Waals surface area contributed by atoms with Gasteiger partial charge in [0.05, 0.1) is 6.10 Å². The Bertz CT molecular complexity index is 441. The van der Waals surface area contributed by atoms with Crippen LogP contribution in [0.5, 0.6) is 0 Å². The summed E-state index contributed by atoms with van der Waals surface area (Å²) in [5.74, 6) is 0.573. The molecule has 0 amide bonds. The first-order chi connectivity index (χ1) is 10.1. The smallest absolute Gasteiger partial charge is 0.190 e. The monoisotopic (exact) mass is 423 g/mol. The molecule has 1 aromatic rings. The minimum atomic E-state index is -0.159. The fourth-order valence-corrected chi connectivity index (χ4v) is 1.84. The summed E-state index contributed by atoms with van der Waals surface area (Å²) in [4.78, 5) is 4.13. The van der Waals surface area contributed by atoms with Crippen LogP contribution in [0, 0.1) is 5.82 Å². The highest BCUT2D eigenvalue weighted by atomic mass is 127. The molecule has 0 saturated carbocycles. The van der Waals surface area contributed by atoms with Gasteiger partial charge in [-0.1, -0.05) is 18.2 Å². The van der Waals surface area contributed by atoms with E-state index in [2.05, 4.69) is 15.6 Å². The fourth-order valence-electron chi connectivity index (χ4n) is 1.84. The van der Waals surface area contributed by atoms with Crippen molar-refractivity contribution in [2.45, 2.75) is 32.8 Å². The second-order valence-corrected chi connectivity index (χ2v) is 5.04. The van der Waals surface area contributed by atoms with E-state index < -0.39 is 0 Å². The summed E-state index contributed by atoms with van der Waals surface area (Å²) >= 11 is 0. The van der Waals surface area contributed by atoms with Crippen LogP contribution in [0.3, 0.4) is 0 Å². The molecule has 1 rings (SSSR count). The summed E-state index contributed by atoms with van der Waals surface area (Å²) in [6.07, 6.45) is 1.82. The summed E-state index contributed by atoms with van der Waals surface area (Å²) in [7, 11) is 1.73. The van der Waals surface area contributed by atoms with Gasteiger partial charge in [-0.3, -0.25) is 4.99 Å². The zero-order valence-electron chi connectivity index (χ0n) is 13.6. The van der Waals surface area contributed by atoms with Crippen LogP contribution in [-0.2, 0) is 11.2 Å². The van der Waals surface area contributed by atoms with E-state index >= 15 is 0 Å². The Hall–Kier alpha value is -0.890. The number of hydrogen-bond acceptors (Lipinski definition) is 2. The molecule has 1 aromatic carbocycles. The number of ether oxygens (including phenoxy) is 1. The summed E-state index contributed by atoms with van der Waals surface area (Å²) in [5, 5.41) is 6.39. The Morgan fingerprint density at radius 2 is 1.91 bits per heavy atom. The molecule has 0 aliphatic rings. The molecule has 0 heterocycles. The molecule has 0 spiro atoms. The molecule has 4 nitrogen and oxygen atoms in total. The molecular weight excluding hydrogens is 396 g/mol. The van der Waals surface area contributed by atoms with Crippen molar-refractivity contribution in [2.75, 3.05) is 26.7 Å².